The second-order valence-electron chi connectivity index (χ2n) is 2.32. The lowest BCUT2D eigenvalue weighted by Gasteiger charge is -2.13. The SMILES string of the molecule is C#CCOP(=O)(OCC#C)C(=O)OCC=C. The Bertz CT molecular complexity index is 352. The molecule has 0 aromatic carbocycles. The molecule has 6 heteroatoms. The molecule has 0 fully saturated rings. The van der Waals surface area contributed by atoms with Gasteiger partial charge < -0.3 is 4.74 Å². The lowest BCUT2D eigenvalue weighted by molar-refractivity contribution is 0.162. The Morgan fingerprint density at radius 3 is 2.19 bits per heavy atom. The maximum Gasteiger partial charge on any atom is 0.440 e. The number of ether oxygens (including phenoxy) is 1. The molecule has 0 bridgehead atoms. The monoisotopic (exact) mass is 242 g/mol. The van der Waals surface area contributed by atoms with Gasteiger partial charge in [0.15, 0.2) is 0 Å². The van der Waals surface area contributed by atoms with Crippen LogP contribution in [0.1, 0.15) is 0 Å². The molecular weight excluding hydrogens is 231 g/mol. The van der Waals surface area contributed by atoms with Crippen molar-refractivity contribution in [1.29, 1.82) is 0 Å². The number of hydrogen-bond donors (Lipinski definition) is 0. The molecule has 0 saturated carbocycles. The lowest BCUT2D eigenvalue weighted by atomic mass is 10.7. The standard InChI is InChI=1S/C10H11O5P/c1-4-7-13-10(11)16(12,14-8-5-2)15-9-6-3/h2-4H,1,7-9H2. The summed E-state index contributed by atoms with van der Waals surface area (Å²) >= 11 is 0. The smallest absolute Gasteiger partial charge is 0.440 e. The summed E-state index contributed by atoms with van der Waals surface area (Å²) in [4.78, 5) is 11.3. The molecule has 16 heavy (non-hydrogen) atoms. The van der Waals surface area contributed by atoms with Gasteiger partial charge in [-0.25, -0.2) is 9.36 Å². The van der Waals surface area contributed by atoms with Crippen molar-refractivity contribution in [2.45, 2.75) is 0 Å². The highest BCUT2D eigenvalue weighted by Crippen LogP contribution is 2.49. The minimum absolute atomic E-state index is 0.109. The molecule has 0 unspecified atom stereocenters. The van der Waals surface area contributed by atoms with Crippen LogP contribution in [0, 0.1) is 24.7 Å². The summed E-state index contributed by atoms with van der Waals surface area (Å²) in [6, 6.07) is 0. The van der Waals surface area contributed by atoms with Crippen molar-refractivity contribution >= 4 is 13.3 Å². The van der Waals surface area contributed by atoms with E-state index < -0.39 is 13.3 Å². The van der Waals surface area contributed by atoms with Crippen LogP contribution in [0.2, 0.25) is 0 Å². The molecule has 5 nitrogen and oxygen atoms in total. The van der Waals surface area contributed by atoms with Crippen LogP contribution >= 0.6 is 7.60 Å². The predicted molar refractivity (Wildman–Crippen MR) is 58.7 cm³/mol. The van der Waals surface area contributed by atoms with Crippen molar-refractivity contribution in [2.24, 2.45) is 0 Å². The van der Waals surface area contributed by atoms with Crippen molar-refractivity contribution in [3.05, 3.63) is 12.7 Å². The van der Waals surface area contributed by atoms with E-state index >= 15 is 0 Å². The van der Waals surface area contributed by atoms with Crippen LogP contribution in [0.25, 0.3) is 0 Å². The summed E-state index contributed by atoms with van der Waals surface area (Å²) in [6.45, 7) is 2.53. The highest BCUT2D eigenvalue weighted by atomic mass is 31.2. The Kier molecular flexibility index (Phi) is 7.00. The first-order valence-corrected chi connectivity index (χ1v) is 5.69. The summed E-state index contributed by atoms with van der Waals surface area (Å²) in [5.41, 5.74) is -1.14. The van der Waals surface area contributed by atoms with E-state index in [1.807, 2.05) is 0 Å². The maximum absolute atomic E-state index is 11.8. The van der Waals surface area contributed by atoms with Crippen LogP contribution in [0.4, 0.5) is 4.79 Å². The van der Waals surface area contributed by atoms with E-state index in [2.05, 4.69) is 32.2 Å². The van der Waals surface area contributed by atoms with E-state index in [0.717, 1.165) is 0 Å². The van der Waals surface area contributed by atoms with Gasteiger partial charge in [-0.15, -0.1) is 12.8 Å². The topological polar surface area (TPSA) is 61.8 Å². The summed E-state index contributed by atoms with van der Waals surface area (Å²) in [6.07, 6.45) is 11.1. The fraction of sp³-hybridized carbons (Fsp3) is 0.300. The zero-order valence-electron chi connectivity index (χ0n) is 8.55. The Balaban J connectivity index is 4.58. The Morgan fingerprint density at radius 1 is 1.31 bits per heavy atom. The first kappa shape index (κ1) is 14.5. The fourth-order valence-corrected chi connectivity index (χ4v) is 1.60. The van der Waals surface area contributed by atoms with E-state index in [4.69, 9.17) is 12.8 Å². The highest BCUT2D eigenvalue weighted by molar-refractivity contribution is 7.71. The van der Waals surface area contributed by atoms with Gasteiger partial charge in [0.1, 0.15) is 19.8 Å². The molecule has 0 aromatic rings. The van der Waals surface area contributed by atoms with Gasteiger partial charge in [0.05, 0.1) is 0 Å². The third-order valence-electron chi connectivity index (χ3n) is 1.18. The molecule has 0 rings (SSSR count). The zero-order valence-corrected chi connectivity index (χ0v) is 9.44. The summed E-state index contributed by atoms with van der Waals surface area (Å²) in [5.74, 6) is 4.11. The normalized spacial score (nSPS) is 9.88. The van der Waals surface area contributed by atoms with Crippen LogP contribution < -0.4 is 0 Å². The van der Waals surface area contributed by atoms with Crippen molar-refractivity contribution in [2.75, 3.05) is 19.8 Å². The van der Waals surface area contributed by atoms with Gasteiger partial charge in [-0.1, -0.05) is 24.5 Å². The molecule has 0 aliphatic heterocycles. The largest absolute Gasteiger partial charge is 0.452 e. The molecule has 0 radical (unpaired) electrons. The van der Waals surface area contributed by atoms with Crippen molar-refractivity contribution < 1.29 is 23.1 Å². The van der Waals surface area contributed by atoms with Gasteiger partial charge >= 0.3 is 13.3 Å². The van der Waals surface area contributed by atoms with Gasteiger partial charge in [-0.2, -0.15) is 0 Å². The van der Waals surface area contributed by atoms with E-state index in [9.17, 15) is 9.36 Å². The number of rotatable bonds is 7. The number of carbonyl (C=O) groups excluding carboxylic acids is 1. The van der Waals surface area contributed by atoms with Crippen molar-refractivity contribution in [3.63, 3.8) is 0 Å². The Morgan fingerprint density at radius 2 is 1.81 bits per heavy atom. The average molecular weight is 242 g/mol. The molecule has 0 atom stereocenters. The zero-order chi connectivity index (χ0) is 12.4. The summed E-state index contributed by atoms with van der Waals surface area (Å²) in [5, 5.41) is 0. The van der Waals surface area contributed by atoms with Gasteiger partial charge in [0.25, 0.3) is 0 Å². The molecule has 0 N–H and O–H groups in total. The minimum Gasteiger partial charge on any atom is -0.452 e. The number of carbonyl (C=O) groups is 1. The lowest BCUT2D eigenvalue weighted by Crippen LogP contribution is -2.09. The van der Waals surface area contributed by atoms with Gasteiger partial charge in [0.2, 0.25) is 0 Å². The molecule has 0 aliphatic carbocycles. The van der Waals surface area contributed by atoms with Crippen LogP contribution in [0.15, 0.2) is 12.7 Å². The molecule has 0 heterocycles. The predicted octanol–water partition coefficient (Wildman–Crippen LogP) is 1.80. The third-order valence-corrected chi connectivity index (χ3v) is 2.70. The molecule has 0 aliphatic rings. The van der Waals surface area contributed by atoms with E-state index in [1.165, 1.54) is 6.08 Å². The first-order chi connectivity index (χ1) is 7.60. The van der Waals surface area contributed by atoms with Crippen LogP contribution in [0.5, 0.6) is 0 Å². The minimum atomic E-state index is -4.07. The summed E-state index contributed by atoms with van der Waals surface area (Å²) < 4.78 is 25.6. The van der Waals surface area contributed by atoms with Crippen LogP contribution in [-0.4, -0.2) is 25.5 Å². The fourth-order valence-electron chi connectivity index (χ4n) is 0.596. The van der Waals surface area contributed by atoms with E-state index in [-0.39, 0.29) is 19.8 Å². The Labute approximate surface area is 94.3 Å². The summed E-state index contributed by atoms with van der Waals surface area (Å²) in [7, 11) is -4.07. The molecular formula is C10H11O5P. The second kappa shape index (κ2) is 7.73. The van der Waals surface area contributed by atoms with Crippen LogP contribution in [0.3, 0.4) is 0 Å². The maximum atomic E-state index is 11.8. The van der Waals surface area contributed by atoms with Crippen molar-refractivity contribution in [1.82, 2.24) is 0 Å². The molecule has 0 aromatic heterocycles. The first-order valence-electron chi connectivity index (χ1n) is 4.15. The van der Waals surface area contributed by atoms with Crippen molar-refractivity contribution in [3.8, 4) is 24.7 Å². The van der Waals surface area contributed by atoms with Gasteiger partial charge in [0, 0.05) is 0 Å². The molecule has 0 spiro atoms. The second-order valence-corrected chi connectivity index (χ2v) is 4.19. The van der Waals surface area contributed by atoms with Gasteiger partial charge in [-0.05, 0) is 0 Å². The number of terminal acetylenes is 2. The van der Waals surface area contributed by atoms with E-state index in [1.54, 1.807) is 0 Å². The quantitative estimate of drug-likeness (QED) is 0.387. The molecule has 0 saturated heterocycles. The average Bonchev–Trinajstić information content (AvgIpc) is 2.30. The highest BCUT2D eigenvalue weighted by Gasteiger charge is 2.36. The Hall–Kier alpha value is -1.52. The van der Waals surface area contributed by atoms with Crippen LogP contribution in [-0.2, 0) is 18.3 Å². The molecule has 86 valence electrons. The number of hydrogen-bond acceptors (Lipinski definition) is 5. The van der Waals surface area contributed by atoms with E-state index in [0.29, 0.717) is 0 Å². The molecule has 0 amide bonds. The third kappa shape index (κ3) is 4.82. The van der Waals surface area contributed by atoms with Gasteiger partial charge in [-0.3, -0.25) is 9.05 Å².